The Bertz CT molecular complexity index is 885. The van der Waals surface area contributed by atoms with Crippen LogP contribution in [0.3, 0.4) is 0 Å². The molecule has 1 aromatic carbocycles. The van der Waals surface area contributed by atoms with Gasteiger partial charge in [-0.3, -0.25) is 4.79 Å². The van der Waals surface area contributed by atoms with Gasteiger partial charge in [0.25, 0.3) is 5.91 Å². The maximum Gasteiger partial charge on any atom is 0.355 e. The SMILES string of the molecule is CN(Cc1ccc(-c2ccc(Cl)cc2)o1)C(=O)COC(=O)c1ccc[nH]1. The number of esters is 1. The van der Waals surface area contributed by atoms with Crippen LogP contribution in [0.15, 0.2) is 59.1 Å². The van der Waals surface area contributed by atoms with E-state index in [0.29, 0.717) is 22.2 Å². The van der Waals surface area contributed by atoms with Crippen LogP contribution in [0.25, 0.3) is 11.3 Å². The van der Waals surface area contributed by atoms with Crippen molar-refractivity contribution in [3.8, 4) is 11.3 Å². The van der Waals surface area contributed by atoms with Crippen molar-refractivity contribution in [3.63, 3.8) is 0 Å². The summed E-state index contributed by atoms with van der Waals surface area (Å²) < 4.78 is 10.8. The summed E-state index contributed by atoms with van der Waals surface area (Å²) in [5, 5.41) is 0.653. The molecule has 0 saturated carbocycles. The third-order valence-electron chi connectivity index (χ3n) is 3.75. The molecular weight excluding hydrogens is 356 g/mol. The molecule has 0 radical (unpaired) electrons. The minimum absolute atomic E-state index is 0.270. The topological polar surface area (TPSA) is 75.5 Å². The Balaban J connectivity index is 1.54. The van der Waals surface area contributed by atoms with Crippen LogP contribution in [0.2, 0.25) is 5.02 Å². The van der Waals surface area contributed by atoms with Crippen LogP contribution in [-0.4, -0.2) is 35.4 Å². The van der Waals surface area contributed by atoms with Crippen molar-refractivity contribution in [3.05, 3.63) is 71.2 Å². The zero-order valence-electron chi connectivity index (χ0n) is 14.1. The number of carbonyl (C=O) groups excluding carboxylic acids is 2. The lowest BCUT2D eigenvalue weighted by Gasteiger charge is -2.15. The largest absolute Gasteiger partial charge is 0.459 e. The Morgan fingerprint density at radius 1 is 1.15 bits per heavy atom. The summed E-state index contributed by atoms with van der Waals surface area (Å²) in [6, 6.07) is 14.2. The van der Waals surface area contributed by atoms with E-state index in [2.05, 4.69) is 4.98 Å². The zero-order chi connectivity index (χ0) is 18.5. The van der Waals surface area contributed by atoms with E-state index in [1.54, 1.807) is 43.6 Å². The molecule has 26 heavy (non-hydrogen) atoms. The van der Waals surface area contributed by atoms with Crippen LogP contribution in [0, 0.1) is 0 Å². The van der Waals surface area contributed by atoms with Gasteiger partial charge in [-0.05, 0) is 48.5 Å². The monoisotopic (exact) mass is 372 g/mol. The smallest absolute Gasteiger partial charge is 0.355 e. The van der Waals surface area contributed by atoms with Gasteiger partial charge in [0.15, 0.2) is 6.61 Å². The van der Waals surface area contributed by atoms with Crippen molar-refractivity contribution < 1.29 is 18.7 Å². The van der Waals surface area contributed by atoms with Gasteiger partial charge in [0, 0.05) is 23.8 Å². The molecule has 6 nitrogen and oxygen atoms in total. The predicted molar refractivity (Wildman–Crippen MR) is 96.7 cm³/mol. The van der Waals surface area contributed by atoms with Gasteiger partial charge in [-0.25, -0.2) is 4.79 Å². The molecule has 0 saturated heterocycles. The van der Waals surface area contributed by atoms with E-state index in [9.17, 15) is 9.59 Å². The van der Waals surface area contributed by atoms with Crippen LogP contribution in [0.5, 0.6) is 0 Å². The first-order chi connectivity index (χ1) is 12.5. The Morgan fingerprint density at radius 3 is 2.62 bits per heavy atom. The third kappa shape index (κ3) is 4.34. The normalized spacial score (nSPS) is 10.5. The van der Waals surface area contributed by atoms with E-state index in [0.717, 1.165) is 5.56 Å². The van der Waals surface area contributed by atoms with Gasteiger partial charge in [-0.1, -0.05) is 11.6 Å². The van der Waals surface area contributed by atoms with Gasteiger partial charge in [0.05, 0.1) is 6.54 Å². The molecule has 0 aliphatic rings. The van der Waals surface area contributed by atoms with E-state index in [-0.39, 0.29) is 19.1 Å². The number of benzene rings is 1. The van der Waals surface area contributed by atoms with Gasteiger partial charge >= 0.3 is 5.97 Å². The lowest BCUT2D eigenvalue weighted by molar-refractivity contribution is -0.133. The molecule has 3 rings (SSSR count). The predicted octanol–water partition coefficient (Wildman–Crippen LogP) is 3.74. The lowest BCUT2D eigenvalue weighted by atomic mass is 10.2. The molecule has 0 aliphatic heterocycles. The van der Waals surface area contributed by atoms with E-state index in [4.69, 9.17) is 20.8 Å². The quantitative estimate of drug-likeness (QED) is 0.669. The summed E-state index contributed by atoms with van der Waals surface area (Å²) in [4.78, 5) is 28.0. The fraction of sp³-hybridized carbons (Fsp3) is 0.158. The van der Waals surface area contributed by atoms with Crippen molar-refractivity contribution in [1.29, 1.82) is 0 Å². The summed E-state index contributed by atoms with van der Waals surface area (Å²) >= 11 is 5.88. The van der Waals surface area contributed by atoms with Gasteiger partial charge < -0.3 is 19.0 Å². The third-order valence-corrected chi connectivity index (χ3v) is 4.01. The number of carbonyl (C=O) groups is 2. The number of nitrogens with one attached hydrogen (secondary N) is 1. The molecule has 0 spiro atoms. The number of amides is 1. The molecule has 0 atom stereocenters. The fourth-order valence-electron chi connectivity index (χ4n) is 2.33. The van der Waals surface area contributed by atoms with Crippen LogP contribution in [0.1, 0.15) is 16.2 Å². The molecule has 1 N–H and O–H groups in total. The first-order valence-electron chi connectivity index (χ1n) is 7.92. The second kappa shape index (κ2) is 7.93. The van der Waals surface area contributed by atoms with Crippen LogP contribution >= 0.6 is 11.6 Å². The molecule has 7 heteroatoms. The Hall–Kier alpha value is -2.99. The number of hydrogen-bond acceptors (Lipinski definition) is 4. The molecule has 3 aromatic rings. The van der Waals surface area contributed by atoms with E-state index in [1.165, 1.54) is 4.90 Å². The number of likely N-dealkylation sites (N-methyl/N-ethyl adjacent to an activating group) is 1. The van der Waals surface area contributed by atoms with E-state index in [1.807, 2.05) is 18.2 Å². The van der Waals surface area contributed by atoms with Crippen molar-refractivity contribution in [2.75, 3.05) is 13.7 Å². The summed E-state index contributed by atoms with van der Waals surface area (Å²) in [6.07, 6.45) is 1.61. The van der Waals surface area contributed by atoms with Gasteiger partial charge in [-0.15, -0.1) is 0 Å². The molecular formula is C19H17ClN2O4. The molecule has 2 heterocycles. The highest BCUT2D eigenvalue weighted by Crippen LogP contribution is 2.24. The molecule has 1 amide bonds. The fourth-order valence-corrected chi connectivity index (χ4v) is 2.45. The van der Waals surface area contributed by atoms with Gasteiger partial charge in [0.2, 0.25) is 0 Å². The highest BCUT2D eigenvalue weighted by molar-refractivity contribution is 6.30. The minimum Gasteiger partial charge on any atom is -0.459 e. The molecule has 0 bridgehead atoms. The van der Waals surface area contributed by atoms with Gasteiger partial charge in [-0.2, -0.15) is 0 Å². The summed E-state index contributed by atoms with van der Waals surface area (Å²) in [6.45, 7) is -0.0639. The van der Waals surface area contributed by atoms with Crippen molar-refractivity contribution >= 4 is 23.5 Å². The second-order valence-electron chi connectivity index (χ2n) is 5.68. The van der Waals surface area contributed by atoms with Crippen molar-refractivity contribution in [2.45, 2.75) is 6.54 Å². The van der Waals surface area contributed by atoms with Crippen LogP contribution in [-0.2, 0) is 16.1 Å². The number of aromatic amines is 1. The number of H-pyrrole nitrogens is 1. The standard InChI is InChI=1S/C19H17ClN2O4/c1-22(18(23)12-25-19(24)16-3-2-10-21-16)11-15-8-9-17(26-15)13-4-6-14(20)7-5-13/h2-10,21H,11-12H2,1H3. The first kappa shape index (κ1) is 17.8. The molecule has 0 aliphatic carbocycles. The van der Waals surface area contributed by atoms with E-state index >= 15 is 0 Å². The highest BCUT2D eigenvalue weighted by atomic mass is 35.5. The number of ether oxygens (including phenoxy) is 1. The maximum atomic E-state index is 12.1. The average Bonchev–Trinajstić information content (AvgIpc) is 3.32. The van der Waals surface area contributed by atoms with Crippen LogP contribution < -0.4 is 0 Å². The summed E-state index contributed by atoms with van der Waals surface area (Å²) in [5.41, 5.74) is 1.20. The van der Waals surface area contributed by atoms with E-state index < -0.39 is 5.97 Å². The number of hydrogen-bond donors (Lipinski definition) is 1. The lowest BCUT2D eigenvalue weighted by Crippen LogP contribution is -2.30. The Labute approximate surface area is 155 Å². The number of aromatic nitrogens is 1. The van der Waals surface area contributed by atoms with Crippen molar-refractivity contribution in [2.24, 2.45) is 0 Å². The highest BCUT2D eigenvalue weighted by Gasteiger charge is 2.15. The summed E-state index contributed by atoms with van der Waals surface area (Å²) in [5.74, 6) is 0.423. The molecule has 134 valence electrons. The zero-order valence-corrected chi connectivity index (χ0v) is 14.8. The number of halogens is 1. The number of nitrogens with zero attached hydrogens (tertiary/aromatic N) is 1. The summed E-state index contributed by atoms with van der Waals surface area (Å²) in [7, 11) is 1.62. The van der Waals surface area contributed by atoms with Gasteiger partial charge in [0.1, 0.15) is 17.2 Å². The molecule has 0 unspecified atom stereocenters. The maximum absolute atomic E-state index is 12.1. The minimum atomic E-state index is -0.570. The van der Waals surface area contributed by atoms with Crippen LogP contribution in [0.4, 0.5) is 0 Å². The Kier molecular flexibility index (Phi) is 5.43. The number of rotatable bonds is 6. The first-order valence-corrected chi connectivity index (χ1v) is 8.30. The molecule has 0 fully saturated rings. The second-order valence-corrected chi connectivity index (χ2v) is 6.12. The Morgan fingerprint density at radius 2 is 1.92 bits per heavy atom. The number of furan rings is 1. The van der Waals surface area contributed by atoms with Crippen molar-refractivity contribution in [1.82, 2.24) is 9.88 Å². The molecule has 2 aromatic heterocycles. The average molecular weight is 373 g/mol.